The predicted octanol–water partition coefficient (Wildman–Crippen LogP) is 1.59. The van der Waals surface area contributed by atoms with Gasteiger partial charge in [0.15, 0.2) is 18.0 Å². The van der Waals surface area contributed by atoms with Gasteiger partial charge < -0.3 is 34.2 Å². The Morgan fingerprint density at radius 1 is 0.795 bits per heavy atom. The SMILES string of the molecule is CN1CCC(C(=O)Nc2ncnn3c(C4OCC(OC(=O)C5CCN(C)CC5)C4OC(=O)C4CCN(C)CC4)ccc23)CC1. The Hall–Kier alpha value is -3.13. The first-order valence-electron chi connectivity index (χ1n) is 16.0. The molecule has 4 saturated heterocycles. The van der Waals surface area contributed by atoms with Crippen molar-refractivity contribution in [1.29, 1.82) is 0 Å². The van der Waals surface area contributed by atoms with Gasteiger partial charge in [-0.15, -0.1) is 0 Å². The predicted molar refractivity (Wildman–Crippen MR) is 161 cm³/mol. The lowest BCUT2D eigenvalue weighted by molar-refractivity contribution is -0.172. The Morgan fingerprint density at radius 3 is 1.93 bits per heavy atom. The maximum atomic E-state index is 13.4. The summed E-state index contributed by atoms with van der Waals surface area (Å²) in [5.41, 5.74) is 1.25. The molecule has 3 unspecified atom stereocenters. The summed E-state index contributed by atoms with van der Waals surface area (Å²) in [7, 11) is 6.16. The number of amides is 1. The second-order valence-electron chi connectivity index (χ2n) is 13.0. The van der Waals surface area contributed by atoms with Crippen LogP contribution in [0.4, 0.5) is 5.82 Å². The second kappa shape index (κ2) is 13.5. The van der Waals surface area contributed by atoms with E-state index in [0.717, 1.165) is 77.8 Å². The van der Waals surface area contributed by atoms with E-state index in [-0.39, 0.29) is 42.2 Å². The van der Waals surface area contributed by atoms with Crippen LogP contribution in [0, 0.1) is 17.8 Å². The van der Waals surface area contributed by atoms with Crippen molar-refractivity contribution < 1.29 is 28.6 Å². The number of aromatic nitrogens is 3. The van der Waals surface area contributed by atoms with Gasteiger partial charge in [0.2, 0.25) is 5.91 Å². The minimum absolute atomic E-state index is 0.0515. The number of carbonyl (C=O) groups is 3. The zero-order valence-corrected chi connectivity index (χ0v) is 26.0. The van der Waals surface area contributed by atoms with Crippen molar-refractivity contribution in [2.24, 2.45) is 17.8 Å². The standard InChI is InChI=1S/C31H45N7O6/c1-35-12-6-20(7-13-35)29(39)34-28-24-5-4-23(38(24)33-19-32-28)26-27(44-31(41)22-10-16-37(3)17-11-22)25(18-42-26)43-30(40)21-8-14-36(2)15-9-21/h4-5,19-22,25-27H,6-18H2,1-3H3,(H,32,33,34,39). The molecular formula is C31H45N7O6. The number of likely N-dealkylation sites (tertiary alicyclic amines) is 3. The van der Waals surface area contributed by atoms with Gasteiger partial charge in [0, 0.05) is 5.92 Å². The Morgan fingerprint density at radius 2 is 1.34 bits per heavy atom. The van der Waals surface area contributed by atoms with Gasteiger partial charge in [-0.05, 0) is 111 Å². The molecule has 0 aliphatic carbocycles. The average Bonchev–Trinajstić information content (AvgIpc) is 3.62. The summed E-state index contributed by atoms with van der Waals surface area (Å²) in [4.78, 5) is 50.7. The molecule has 6 heterocycles. The molecule has 13 heteroatoms. The molecule has 44 heavy (non-hydrogen) atoms. The minimum atomic E-state index is -0.831. The number of ether oxygens (including phenoxy) is 3. The minimum Gasteiger partial charge on any atom is -0.456 e. The van der Waals surface area contributed by atoms with Crippen LogP contribution in [-0.2, 0) is 28.6 Å². The molecule has 1 N–H and O–H groups in total. The summed E-state index contributed by atoms with van der Waals surface area (Å²) in [6, 6.07) is 3.67. The smallest absolute Gasteiger partial charge is 0.309 e. The van der Waals surface area contributed by atoms with Crippen LogP contribution in [0.5, 0.6) is 0 Å². The number of fused-ring (bicyclic) bond motifs is 1. The molecule has 4 fully saturated rings. The van der Waals surface area contributed by atoms with Crippen LogP contribution in [0.1, 0.15) is 50.3 Å². The van der Waals surface area contributed by atoms with Gasteiger partial charge in [0.1, 0.15) is 17.9 Å². The van der Waals surface area contributed by atoms with Crippen molar-refractivity contribution >= 4 is 29.2 Å². The van der Waals surface area contributed by atoms with Crippen LogP contribution in [0.25, 0.3) is 5.52 Å². The van der Waals surface area contributed by atoms with Crippen LogP contribution in [0.2, 0.25) is 0 Å². The molecule has 2 aromatic heterocycles. The van der Waals surface area contributed by atoms with Crippen LogP contribution >= 0.6 is 0 Å². The molecule has 4 aliphatic rings. The van der Waals surface area contributed by atoms with E-state index in [1.54, 1.807) is 4.52 Å². The Balaban J connectivity index is 1.21. The number of nitrogens with zero attached hydrogens (tertiary/aromatic N) is 6. The summed E-state index contributed by atoms with van der Waals surface area (Å²) in [6.45, 7) is 5.19. The molecule has 13 nitrogen and oxygen atoms in total. The third-order valence-corrected chi connectivity index (χ3v) is 9.83. The van der Waals surface area contributed by atoms with Gasteiger partial charge in [-0.3, -0.25) is 14.4 Å². The highest BCUT2D eigenvalue weighted by Gasteiger charge is 2.46. The zero-order chi connectivity index (χ0) is 30.8. The third-order valence-electron chi connectivity index (χ3n) is 9.83. The van der Waals surface area contributed by atoms with Gasteiger partial charge in [0.25, 0.3) is 0 Å². The number of hydrogen-bond acceptors (Lipinski definition) is 11. The fourth-order valence-electron chi connectivity index (χ4n) is 6.80. The lowest BCUT2D eigenvalue weighted by Gasteiger charge is -2.31. The Labute approximate surface area is 258 Å². The number of anilines is 1. The second-order valence-corrected chi connectivity index (χ2v) is 13.0. The van der Waals surface area contributed by atoms with E-state index < -0.39 is 18.3 Å². The quantitative estimate of drug-likeness (QED) is 0.458. The number of piperidine rings is 3. The topological polar surface area (TPSA) is 131 Å². The third kappa shape index (κ3) is 6.75. The van der Waals surface area contributed by atoms with Gasteiger partial charge in [0.05, 0.1) is 24.1 Å². The lowest BCUT2D eigenvalue weighted by Crippen LogP contribution is -2.41. The molecule has 4 aliphatic heterocycles. The van der Waals surface area contributed by atoms with Crippen molar-refractivity contribution in [3.05, 3.63) is 24.2 Å². The van der Waals surface area contributed by atoms with E-state index in [2.05, 4.69) is 37.1 Å². The van der Waals surface area contributed by atoms with Crippen molar-refractivity contribution in [2.45, 2.75) is 56.8 Å². The summed E-state index contributed by atoms with van der Waals surface area (Å²) in [5, 5.41) is 7.47. The first-order valence-corrected chi connectivity index (χ1v) is 16.0. The molecule has 6 rings (SSSR count). The van der Waals surface area contributed by atoms with Gasteiger partial charge in [-0.2, -0.15) is 5.10 Å². The highest BCUT2D eigenvalue weighted by atomic mass is 16.6. The molecule has 0 saturated carbocycles. The van der Waals surface area contributed by atoms with Crippen molar-refractivity contribution in [2.75, 3.05) is 72.3 Å². The average molecular weight is 612 g/mol. The maximum absolute atomic E-state index is 13.4. The molecule has 1 amide bonds. The number of rotatable bonds is 7. The Bertz CT molecular complexity index is 1330. The fourth-order valence-corrected chi connectivity index (χ4v) is 6.80. The molecule has 240 valence electrons. The molecule has 2 aromatic rings. The van der Waals surface area contributed by atoms with Gasteiger partial charge >= 0.3 is 11.9 Å². The van der Waals surface area contributed by atoms with Crippen molar-refractivity contribution in [1.82, 2.24) is 29.3 Å². The molecule has 0 bridgehead atoms. The molecule has 0 spiro atoms. The normalized spacial score (nSPS) is 27.0. The largest absolute Gasteiger partial charge is 0.456 e. The summed E-state index contributed by atoms with van der Waals surface area (Å²) in [6.07, 6.45) is 3.62. The van der Waals surface area contributed by atoms with E-state index in [0.29, 0.717) is 17.0 Å². The summed E-state index contributed by atoms with van der Waals surface area (Å²) in [5.74, 6) is -0.673. The lowest BCUT2D eigenvalue weighted by atomic mass is 9.96. The molecular weight excluding hydrogens is 566 g/mol. The van der Waals surface area contributed by atoms with Crippen LogP contribution < -0.4 is 5.32 Å². The summed E-state index contributed by atoms with van der Waals surface area (Å²) < 4.78 is 20.1. The van der Waals surface area contributed by atoms with Crippen molar-refractivity contribution in [3.63, 3.8) is 0 Å². The summed E-state index contributed by atoms with van der Waals surface area (Å²) >= 11 is 0. The molecule has 3 atom stereocenters. The number of nitrogens with one attached hydrogen (secondary N) is 1. The Kier molecular flexibility index (Phi) is 9.45. The van der Waals surface area contributed by atoms with Gasteiger partial charge in [-0.25, -0.2) is 9.50 Å². The highest BCUT2D eigenvalue weighted by Crippen LogP contribution is 2.37. The first-order chi connectivity index (χ1) is 21.3. The number of esters is 2. The van der Waals surface area contributed by atoms with Crippen LogP contribution in [-0.4, -0.2) is 126 Å². The monoisotopic (exact) mass is 611 g/mol. The van der Waals surface area contributed by atoms with E-state index in [1.165, 1.54) is 6.33 Å². The van der Waals surface area contributed by atoms with Gasteiger partial charge in [-0.1, -0.05) is 0 Å². The van der Waals surface area contributed by atoms with E-state index >= 15 is 0 Å². The van der Waals surface area contributed by atoms with Crippen LogP contribution in [0.3, 0.4) is 0 Å². The number of carbonyl (C=O) groups excluding carboxylic acids is 3. The zero-order valence-electron chi connectivity index (χ0n) is 26.0. The molecule has 0 aromatic carbocycles. The first kappa shape index (κ1) is 30.9. The van der Waals surface area contributed by atoms with Crippen molar-refractivity contribution in [3.8, 4) is 0 Å². The van der Waals surface area contributed by atoms with E-state index in [1.807, 2.05) is 26.2 Å². The van der Waals surface area contributed by atoms with E-state index in [4.69, 9.17) is 14.2 Å². The van der Waals surface area contributed by atoms with Crippen LogP contribution in [0.15, 0.2) is 18.5 Å². The molecule has 0 radical (unpaired) electrons. The number of hydrogen-bond donors (Lipinski definition) is 1. The highest BCUT2D eigenvalue weighted by molar-refractivity contribution is 5.95. The fraction of sp³-hybridized carbons (Fsp3) is 0.710. The maximum Gasteiger partial charge on any atom is 0.309 e. The van der Waals surface area contributed by atoms with E-state index in [9.17, 15) is 14.4 Å².